The first-order chi connectivity index (χ1) is 6.70. The lowest BCUT2D eigenvalue weighted by Gasteiger charge is -2.02. The molecule has 0 N–H and O–H groups in total. The number of aromatic nitrogens is 3. The molecule has 0 fully saturated rings. The summed E-state index contributed by atoms with van der Waals surface area (Å²) in [6, 6.07) is 1.78. The third-order valence-electron chi connectivity index (χ3n) is 2.07. The standard InChI is InChI=1S/C10H11N3O/c1-7(2)9(14)8-6-12-10-11-4-3-5-13(8)10/h3-7H,1-2H3. The minimum absolute atomic E-state index is 0.0184. The highest BCUT2D eigenvalue weighted by Gasteiger charge is 2.15. The van der Waals surface area contributed by atoms with Crippen molar-refractivity contribution in [2.24, 2.45) is 5.92 Å². The van der Waals surface area contributed by atoms with E-state index in [1.807, 2.05) is 13.8 Å². The molecule has 14 heavy (non-hydrogen) atoms. The summed E-state index contributed by atoms with van der Waals surface area (Å²) >= 11 is 0. The maximum Gasteiger partial charge on any atom is 0.234 e. The Bertz CT molecular complexity index is 473. The van der Waals surface area contributed by atoms with Gasteiger partial charge in [-0.3, -0.25) is 9.20 Å². The Morgan fingerprint density at radius 3 is 2.93 bits per heavy atom. The number of hydrogen-bond donors (Lipinski definition) is 0. The van der Waals surface area contributed by atoms with Gasteiger partial charge in [-0.25, -0.2) is 9.97 Å². The molecule has 0 bridgehead atoms. The molecule has 2 heterocycles. The third kappa shape index (κ3) is 1.28. The van der Waals surface area contributed by atoms with Gasteiger partial charge in [-0.2, -0.15) is 0 Å². The Labute approximate surface area is 81.6 Å². The van der Waals surface area contributed by atoms with Gasteiger partial charge in [0.15, 0.2) is 5.78 Å². The number of rotatable bonds is 2. The molecular weight excluding hydrogens is 178 g/mol. The highest BCUT2D eigenvalue weighted by atomic mass is 16.1. The largest absolute Gasteiger partial charge is 0.292 e. The van der Waals surface area contributed by atoms with Crippen LogP contribution in [0, 0.1) is 5.92 Å². The van der Waals surface area contributed by atoms with Crippen molar-refractivity contribution in [2.75, 3.05) is 0 Å². The zero-order valence-electron chi connectivity index (χ0n) is 8.14. The van der Waals surface area contributed by atoms with Crippen molar-refractivity contribution in [1.29, 1.82) is 0 Å². The Balaban J connectivity index is 2.58. The fourth-order valence-corrected chi connectivity index (χ4v) is 1.31. The lowest BCUT2D eigenvalue weighted by Crippen LogP contribution is -2.10. The number of fused-ring (bicyclic) bond motifs is 1. The molecule has 2 aromatic heterocycles. The number of Topliss-reactive ketones (excluding diaryl/α,β-unsaturated/α-hetero) is 1. The van der Waals surface area contributed by atoms with E-state index in [4.69, 9.17) is 0 Å². The predicted octanol–water partition coefficient (Wildman–Crippen LogP) is 1.57. The first-order valence-corrected chi connectivity index (χ1v) is 4.52. The van der Waals surface area contributed by atoms with Crippen LogP contribution in [0.25, 0.3) is 5.78 Å². The van der Waals surface area contributed by atoms with E-state index in [0.29, 0.717) is 11.5 Å². The zero-order chi connectivity index (χ0) is 10.1. The van der Waals surface area contributed by atoms with E-state index in [9.17, 15) is 4.79 Å². The first-order valence-electron chi connectivity index (χ1n) is 4.52. The van der Waals surface area contributed by atoms with Crippen molar-refractivity contribution in [3.05, 3.63) is 30.4 Å². The maximum atomic E-state index is 11.7. The van der Waals surface area contributed by atoms with E-state index in [1.165, 1.54) is 0 Å². The molecule has 0 saturated heterocycles. The molecule has 0 amide bonds. The second kappa shape index (κ2) is 3.21. The lowest BCUT2D eigenvalue weighted by molar-refractivity contribution is 0.0933. The summed E-state index contributed by atoms with van der Waals surface area (Å²) in [6.07, 6.45) is 5.03. The van der Waals surface area contributed by atoms with E-state index >= 15 is 0 Å². The second-order valence-corrected chi connectivity index (χ2v) is 3.45. The first kappa shape index (κ1) is 8.87. The molecule has 2 rings (SSSR count). The van der Waals surface area contributed by atoms with Crippen LogP contribution in [0.2, 0.25) is 0 Å². The molecular formula is C10H11N3O. The van der Waals surface area contributed by atoms with Gasteiger partial charge in [-0.15, -0.1) is 0 Å². The molecule has 0 saturated carbocycles. The SMILES string of the molecule is CC(C)C(=O)c1cnc2ncccn12. The van der Waals surface area contributed by atoms with Gasteiger partial charge in [0.1, 0.15) is 5.69 Å². The molecule has 0 radical (unpaired) electrons. The van der Waals surface area contributed by atoms with Crippen molar-refractivity contribution in [3.63, 3.8) is 0 Å². The molecule has 0 atom stereocenters. The number of hydrogen-bond acceptors (Lipinski definition) is 3. The fourth-order valence-electron chi connectivity index (χ4n) is 1.31. The second-order valence-electron chi connectivity index (χ2n) is 3.45. The molecule has 0 aliphatic carbocycles. The topological polar surface area (TPSA) is 47.3 Å². The molecule has 0 aliphatic rings. The Kier molecular flexibility index (Phi) is 2.04. The van der Waals surface area contributed by atoms with Crippen LogP contribution < -0.4 is 0 Å². The molecule has 72 valence electrons. The number of carbonyl (C=O) groups is 1. The average molecular weight is 189 g/mol. The van der Waals surface area contributed by atoms with E-state index in [2.05, 4.69) is 9.97 Å². The van der Waals surface area contributed by atoms with Crippen LogP contribution in [0.4, 0.5) is 0 Å². The van der Waals surface area contributed by atoms with Crippen LogP contribution in [0.5, 0.6) is 0 Å². The Morgan fingerprint density at radius 2 is 2.21 bits per heavy atom. The smallest absolute Gasteiger partial charge is 0.234 e. The fraction of sp³-hybridized carbons (Fsp3) is 0.300. The highest BCUT2D eigenvalue weighted by Crippen LogP contribution is 2.09. The molecule has 4 heteroatoms. The summed E-state index contributed by atoms with van der Waals surface area (Å²) in [5, 5.41) is 0. The number of imidazole rings is 1. The van der Waals surface area contributed by atoms with Gasteiger partial charge < -0.3 is 0 Å². The van der Waals surface area contributed by atoms with Crippen LogP contribution in [-0.2, 0) is 0 Å². The lowest BCUT2D eigenvalue weighted by atomic mass is 10.1. The van der Waals surface area contributed by atoms with Gasteiger partial charge in [-0.1, -0.05) is 13.8 Å². The predicted molar refractivity (Wildman–Crippen MR) is 52.2 cm³/mol. The van der Waals surface area contributed by atoms with E-state index in [1.54, 1.807) is 29.1 Å². The molecule has 0 aliphatic heterocycles. The highest BCUT2D eigenvalue weighted by molar-refractivity contribution is 5.96. The monoisotopic (exact) mass is 189 g/mol. The van der Waals surface area contributed by atoms with Crippen molar-refractivity contribution >= 4 is 11.6 Å². The number of nitrogens with zero attached hydrogens (tertiary/aromatic N) is 3. The molecule has 0 unspecified atom stereocenters. The van der Waals surface area contributed by atoms with Gasteiger partial charge in [-0.05, 0) is 6.07 Å². The minimum atomic E-state index is -0.0184. The van der Waals surface area contributed by atoms with Gasteiger partial charge in [0.2, 0.25) is 5.78 Å². The summed E-state index contributed by atoms with van der Waals surface area (Å²) in [6.45, 7) is 3.75. The van der Waals surface area contributed by atoms with E-state index in [0.717, 1.165) is 0 Å². The average Bonchev–Trinajstić information content (AvgIpc) is 2.60. The van der Waals surface area contributed by atoms with E-state index < -0.39 is 0 Å². The van der Waals surface area contributed by atoms with E-state index in [-0.39, 0.29) is 11.7 Å². The normalized spacial score (nSPS) is 11.1. The van der Waals surface area contributed by atoms with Crippen LogP contribution in [0.1, 0.15) is 24.3 Å². The summed E-state index contributed by atoms with van der Waals surface area (Å²) in [5.41, 5.74) is 0.600. The molecule has 0 aromatic carbocycles. The van der Waals surface area contributed by atoms with Gasteiger partial charge >= 0.3 is 0 Å². The summed E-state index contributed by atoms with van der Waals surface area (Å²) in [4.78, 5) is 19.8. The van der Waals surface area contributed by atoms with Crippen LogP contribution >= 0.6 is 0 Å². The number of carbonyl (C=O) groups excluding carboxylic acids is 1. The molecule has 2 aromatic rings. The van der Waals surface area contributed by atoms with Crippen LogP contribution in [0.3, 0.4) is 0 Å². The molecule has 0 spiro atoms. The minimum Gasteiger partial charge on any atom is -0.292 e. The van der Waals surface area contributed by atoms with Crippen LogP contribution in [-0.4, -0.2) is 20.2 Å². The van der Waals surface area contributed by atoms with Gasteiger partial charge in [0.25, 0.3) is 0 Å². The summed E-state index contributed by atoms with van der Waals surface area (Å²) < 4.78 is 1.71. The van der Waals surface area contributed by atoms with Crippen molar-refractivity contribution in [3.8, 4) is 0 Å². The van der Waals surface area contributed by atoms with Gasteiger partial charge in [0.05, 0.1) is 6.20 Å². The third-order valence-corrected chi connectivity index (χ3v) is 2.07. The van der Waals surface area contributed by atoms with Crippen molar-refractivity contribution < 1.29 is 4.79 Å². The van der Waals surface area contributed by atoms with Crippen molar-refractivity contribution in [1.82, 2.24) is 14.4 Å². The maximum absolute atomic E-state index is 11.7. The summed E-state index contributed by atoms with van der Waals surface area (Å²) in [5.74, 6) is 0.636. The Hall–Kier alpha value is -1.71. The van der Waals surface area contributed by atoms with Gasteiger partial charge in [0, 0.05) is 18.3 Å². The zero-order valence-corrected chi connectivity index (χ0v) is 8.14. The Morgan fingerprint density at radius 1 is 1.43 bits per heavy atom. The summed E-state index contributed by atoms with van der Waals surface area (Å²) in [7, 11) is 0. The number of ketones is 1. The van der Waals surface area contributed by atoms with Crippen molar-refractivity contribution in [2.45, 2.75) is 13.8 Å². The molecule has 4 nitrogen and oxygen atoms in total. The quantitative estimate of drug-likeness (QED) is 0.673. The van der Waals surface area contributed by atoms with Crippen LogP contribution in [0.15, 0.2) is 24.7 Å².